The molecular formula is C56H103NO5. The molecule has 0 saturated carbocycles. The standard InChI is InChI=1S/C56H103NO5/c1-4-7-10-13-16-19-22-24-26-28-30-33-36-39-42-45-48-54(59)53(51-58)57-55(60)50-52(47-44-41-38-35-32-21-18-15-12-9-6-3)62-56(61)49-46-43-40-37-34-31-29-27-25-23-20-17-14-11-8-5-2/h8,11,17,20,25,27,35,38,52-54,58-59H,4-7,9-10,12-16,18-19,21-24,26,28-34,36-37,39-51H2,1-3H3,(H,57,60)/b11-8+,20-17+,27-25+,38-35-. The van der Waals surface area contributed by atoms with E-state index < -0.39 is 18.2 Å². The van der Waals surface area contributed by atoms with Crippen molar-refractivity contribution in [3.05, 3.63) is 48.6 Å². The van der Waals surface area contributed by atoms with Gasteiger partial charge in [-0.3, -0.25) is 9.59 Å². The minimum atomic E-state index is -0.796. The van der Waals surface area contributed by atoms with Crippen molar-refractivity contribution in [1.29, 1.82) is 0 Å². The van der Waals surface area contributed by atoms with Gasteiger partial charge in [-0.2, -0.15) is 0 Å². The highest BCUT2D eigenvalue weighted by Crippen LogP contribution is 2.17. The Morgan fingerprint density at radius 1 is 0.484 bits per heavy atom. The molecule has 3 N–H and O–H groups in total. The SMILES string of the molecule is CC/C=C/C/C=C/C/C=C/CCCCCCCCC(=O)OC(CCC/C=C\CCCCCCCC)CC(=O)NC(CO)C(O)CCCCCCCCCCCCCCCCCC. The number of allylic oxidation sites excluding steroid dienone is 8. The molecule has 0 spiro atoms. The first kappa shape index (κ1) is 59.8. The van der Waals surface area contributed by atoms with Crippen LogP contribution in [0.5, 0.6) is 0 Å². The fraction of sp³-hybridized carbons (Fsp3) is 0.821. The van der Waals surface area contributed by atoms with Crippen LogP contribution in [0.3, 0.4) is 0 Å². The number of esters is 1. The number of carbonyl (C=O) groups is 2. The summed E-state index contributed by atoms with van der Waals surface area (Å²) in [6.45, 7) is 6.37. The number of unbranched alkanes of at least 4 members (excludes halogenated alkanes) is 28. The topological polar surface area (TPSA) is 95.9 Å². The van der Waals surface area contributed by atoms with Gasteiger partial charge in [-0.1, -0.05) is 230 Å². The van der Waals surface area contributed by atoms with Gasteiger partial charge in [-0.25, -0.2) is 0 Å². The van der Waals surface area contributed by atoms with Gasteiger partial charge in [0.15, 0.2) is 0 Å². The highest BCUT2D eigenvalue weighted by atomic mass is 16.5. The third kappa shape index (κ3) is 44.4. The second kappa shape index (κ2) is 49.8. The van der Waals surface area contributed by atoms with E-state index in [1.807, 2.05) is 0 Å². The Kier molecular flexibility index (Phi) is 48.1. The van der Waals surface area contributed by atoms with Gasteiger partial charge in [0.05, 0.1) is 25.2 Å². The normalized spacial score (nSPS) is 13.6. The molecule has 0 aliphatic carbocycles. The van der Waals surface area contributed by atoms with Gasteiger partial charge in [0.2, 0.25) is 5.91 Å². The Bertz CT molecular complexity index is 1070. The summed E-state index contributed by atoms with van der Waals surface area (Å²) in [5.74, 6) is -0.512. The molecule has 0 heterocycles. The van der Waals surface area contributed by atoms with E-state index in [0.29, 0.717) is 19.3 Å². The number of carbonyl (C=O) groups excluding carboxylic acids is 2. The average molecular weight is 870 g/mol. The van der Waals surface area contributed by atoms with Crippen molar-refractivity contribution in [2.45, 2.75) is 289 Å². The summed E-state index contributed by atoms with van der Waals surface area (Å²) in [5.41, 5.74) is 0. The van der Waals surface area contributed by atoms with Crippen molar-refractivity contribution in [3.63, 3.8) is 0 Å². The lowest BCUT2D eigenvalue weighted by Gasteiger charge is -2.24. The lowest BCUT2D eigenvalue weighted by Crippen LogP contribution is -2.46. The molecule has 62 heavy (non-hydrogen) atoms. The van der Waals surface area contributed by atoms with Gasteiger partial charge < -0.3 is 20.3 Å². The maximum absolute atomic E-state index is 13.2. The molecule has 6 heteroatoms. The highest BCUT2D eigenvalue weighted by Gasteiger charge is 2.24. The molecule has 0 radical (unpaired) electrons. The van der Waals surface area contributed by atoms with E-state index in [4.69, 9.17) is 4.74 Å². The van der Waals surface area contributed by atoms with Crippen LogP contribution in [0.4, 0.5) is 0 Å². The molecule has 6 nitrogen and oxygen atoms in total. The minimum absolute atomic E-state index is 0.0521. The third-order valence-electron chi connectivity index (χ3n) is 12.1. The van der Waals surface area contributed by atoms with E-state index in [1.54, 1.807) is 0 Å². The predicted molar refractivity (Wildman–Crippen MR) is 269 cm³/mol. The van der Waals surface area contributed by atoms with Gasteiger partial charge >= 0.3 is 5.97 Å². The monoisotopic (exact) mass is 870 g/mol. The summed E-state index contributed by atoms with van der Waals surface area (Å²) in [7, 11) is 0. The summed E-state index contributed by atoms with van der Waals surface area (Å²) < 4.78 is 5.91. The Hall–Kier alpha value is -2.18. The Morgan fingerprint density at radius 3 is 1.37 bits per heavy atom. The van der Waals surface area contributed by atoms with E-state index in [9.17, 15) is 19.8 Å². The van der Waals surface area contributed by atoms with Crippen LogP contribution in [0.25, 0.3) is 0 Å². The number of hydrogen-bond donors (Lipinski definition) is 3. The van der Waals surface area contributed by atoms with Crippen LogP contribution in [0.15, 0.2) is 48.6 Å². The fourth-order valence-electron chi connectivity index (χ4n) is 8.09. The van der Waals surface area contributed by atoms with Crippen LogP contribution >= 0.6 is 0 Å². The largest absolute Gasteiger partial charge is 0.462 e. The molecule has 0 saturated heterocycles. The molecule has 1 amide bonds. The first-order valence-electron chi connectivity index (χ1n) is 26.9. The number of hydrogen-bond acceptors (Lipinski definition) is 5. The molecule has 3 unspecified atom stereocenters. The quantitative estimate of drug-likeness (QED) is 0.0322. The van der Waals surface area contributed by atoms with Crippen LogP contribution in [0.1, 0.15) is 271 Å². The Labute approximate surface area is 385 Å². The summed E-state index contributed by atoms with van der Waals surface area (Å²) in [6.07, 6.45) is 60.3. The van der Waals surface area contributed by atoms with Crippen molar-refractivity contribution in [1.82, 2.24) is 5.32 Å². The number of amides is 1. The van der Waals surface area contributed by atoms with Gasteiger partial charge in [0.25, 0.3) is 0 Å². The van der Waals surface area contributed by atoms with E-state index in [2.05, 4.69) is 74.7 Å². The lowest BCUT2D eigenvalue weighted by atomic mass is 10.0. The second-order valence-corrected chi connectivity index (χ2v) is 18.2. The maximum atomic E-state index is 13.2. The van der Waals surface area contributed by atoms with Crippen LogP contribution in [0.2, 0.25) is 0 Å². The third-order valence-corrected chi connectivity index (χ3v) is 12.1. The number of aliphatic hydroxyl groups is 2. The summed E-state index contributed by atoms with van der Waals surface area (Å²) >= 11 is 0. The molecular weight excluding hydrogens is 767 g/mol. The number of ether oxygens (including phenoxy) is 1. The molecule has 0 rings (SSSR count). The van der Waals surface area contributed by atoms with E-state index in [0.717, 1.165) is 83.5 Å². The molecule has 362 valence electrons. The zero-order valence-corrected chi connectivity index (χ0v) is 41.3. The second-order valence-electron chi connectivity index (χ2n) is 18.2. The van der Waals surface area contributed by atoms with Crippen molar-refractivity contribution in [3.8, 4) is 0 Å². The van der Waals surface area contributed by atoms with Crippen molar-refractivity contribution < 1.29 is 24.5 Å². The Balaban J connectivity index is 4.52. The first-order valence-corrected chi connectivity index (χ1v) is 26.9. The van der Waals surface area contributed by atoms with E-state index in [1.165, 1.54) is 141 Å². The number of rotatable bonds is 48. The zero-order chi connectivity index (χ0) is 45.2. The van der Waals surface area contributed by atoms with E-state index >= 15 is 0 Å². The Morgan fingerprint density at radius 2 is 0.887 bits per heavy atom. The molecule has 0 aromatic heterocycles. The smallest absolute Gasteiger partial charge is 0.306 e. The molecule has 0 bridgehead atoms. The van der Waals surface area contributed by atoms with Gasteiger partial charge in [0.1, 0.15) is 6.10 Å². The molecule has 0 aliphatic rings. The molecule has 0 fully saturated rings. The van der Waals surface area contributed by atoms with Crippen molar-refractivity contribution in [2.75, 3.05) is 6.61 Å². The summed E-state index contributed by atoms with van der Waals surface area (Å²) in [5, 5.41) is 23.8. The van der Waals surface area contributed by atoms with Crippen LogP contribution < -0.4 is 5.32 Å². The van der Waals surface area contributed by atoms with Gasteiger partial charge in [-0.05, 0) is 77.0 Å². The molecule has 0 aromatic rings. The number of aliphatic hydroxyl groups excluding tert-OH is 2. The minimum Gasteiger partial charge on any atom is -0.462 e. The fourth-order valence-corrected chi connectivity index (χ4v) is 8.09. The molecule has 0 aliphatic heterocycles. The maximum Gasteiger partial charge on any atom is 0.306 e. The van der Waals surface area contributed by atoms with Crippen LogP contribution in [-0.4, -0.2) is 46.9 Å². The van der Waals surface area contributed by atoms with Crippen LogP contribution in [0, 0.1) is 0 Å². The summed E-state index contributed by atoms with van der Waals surface area (Å²) in [6, 6.07) is -0.712. The van der Waals surface area contributed by atoms with Gasteiger partial charge in [0, 0.05) is 6.42 Å². The van der Waals surface area contributed by atoms with Crippen molar-refractivity contribution >= 4 is 11.9 Å². The first-order chi connectivity index (χ1) is 30.5. The average Bonchev–Trinajstić information content (AvgIpc) is 3.26. The van der Waals surface area contributed by atoms with E-state index in [-0.39, 0.29) is 24.9 Å². The molecule has 0 aromatic carbocycles. The highest BCUT2D eigenvalue weighted by molar-refractivity contribution is 5.77. The van der Waals surface area contributed by atoms with Gasteiger partial charge in [-0.15, -0.1) is 0 Å². The van der Waals surface area contributed by atoms with Crippen molar-refractivity contribution in [2.24, 2.45) is 0 Å². The van der Waals surface area contributed by atoms with Crippen LogP contribution in [-0.2, 0) is 14.3 Å². The lowest BCUT2D eigenvalue weighted by molar-refractivity contribution is -0.151. The predicted octanol–water partition coefficient (Wildman–Crippen LogP) is 16.2. The molecule has 3 atom stereocenters. The zero-order valence-electron chi connectivity index (χ0n) is 41.3. The number of nitrogens with one attached hydrogen (secondary N) is 1. The summed E-state index contributed by atoms with van der Waals surface area (Å²) in [4.78, 5) is 26.1.